The Morgan fingerprint density at radius 1 is 1.11 bits per heavy atom. The molecule has 27 heavy (non-hydrogen) atoms. The van der Waals surface area contributed by atoms with E-state index in [2.05, 4.69) is 17.3 Å². The predicted octanol–water partition coefficient (Wildman–Crippen LogP) is 2.78. The van der Waals surface area contributed by atoms with Crippen LogP contribution in [0.5, 0.6) is 11.5 Å². The monoisotopic (exact) mass is 366 g/mol. The molecular formula is C21H22N2O4. The highest BCUT2D eigenvalue weighted by molar-refractivity contribution is 6.04. The zero-order valence-electron chi connectivity index (χ0n) is 15.5. The van der Waals surface area contributed by atoms with Gasteiger partial charge in [-0.3, -0.25) is 4.79 Å². The Bertz CT molecular complexity index is 894. The lowest BCUT2D eigenvalue weighted by Gasteiger charge is -2.30. The SMILES string of the molecule is COc1ccc(C2=NO[C@H](C(=O)N3CCc4ccccc4C3)C2)cc1OC. The molecule has 0 unspecified atom stereocenters. The summed E-state index contributed by atoms with van der Waals surface area (Å²) in [5.74, 6) is 1.27. The van der Waals surface area contributed by atoms with E-state index in [-0.39, 0.29) is 5.91 Å². The molecule has 2 aliphatic heterocycles. The Balaban J connectivity index is 1.44. The highest BCUT2D eigenvalue weighted by Gasteiger charge is 2.34. The number of carbonyl (C=O) groups excluding carboxylic acids is 1. The van der Waals surface area contributed by atoms with Crippen molar-refractivity contribution in [3.05, 3.63) is 59.2 Å². The second kappa shape index (κ2) is 7.31. The van der Waals surface area contributed by atoms with E-state index in [4.69, 9.17) is 14.3 Å². The van der Waals surface area contributed by atoms with Gasteiger partial charge in [-0.1, -0.05) is 29.4 Å². The molecule has 0 saturated carbocycles. The average Bonchev–Trinajstić information content (AvgIpc) is 3.22. The van der Waals surface area contributed by atoms with Crippen LogP contribution in [0.4, 0.5) is 0 Å². The molecular weight excluding hydrogens is 344 g/mol. The van der Waals surface area contributed by atoms with Crippen molar-refractivity contribution in [3.63, 3.8) is 0 Å². The van der Waals surface area contributed by atoms with Gasteiger partial charge in [0, 0.05) is 25.1 Å². The van der Waals surface area contributed by atoms with Crippen LogP contribution in [-0.2, 0) is 22.6 Å². The summed E-state index contributed by atoms with van der Waals surface area (Å²) in [6.07, 6.45) is 0.753. The number of nitrogens with zero attached hydrogens (tertiary/aromatic N) is 2. The Morgan fingerprint density at radius 2 is 1.89 bits per heavy atom. The number of oxime groups is 1. The number of methoxy groups -OCH3 is 2. The van der Waals surface area contributed by atoms with Gasteiger partial charge in [-0.2, -0.15) is 0 Å². The molecule has 2 aromatic carbocycles. The van der Waals surface area contributed by atoms with E-state index in [9.17, 15) is 4.79 Å². The third kappa shape index (κ3) is 3.35. The molecule has 2 aliphatic rings. The van der Waals surface area contributed by atoms with E-state index >= 15 is 0 Å². The molecule has 0 spiro atoms. The first-order valence-electron chi connectivity index (χ1n) is 9.00. The molecule has 0 fully saturated rings. The number of hydrogen-bond donors (Lipinski definition) is 0. The number of ether oxygens (including phenoxy) is 2. The summed E-state index contributed by atoms with van der Waals surface area (Å²) < 4.78 is 10.6. The lowest BCUT2D eigenvalue weighted by Crippen LogP contribution is -2.42. The summed E-state index contributed by atoms with van der Waals surface area (Å²) in [7, 11) is 3.19. The molecule has 2 heterocycles. The third-order valence-corrected chi connectivity index (χ3v) is 5.10. The maximum absolute atomic E-state index is 12.9. The molecule has 2 aromatic rings. The summed E-state index contributed by atoms with van der Waals surface area (Å²) in [5, 5.41) is 4.15. The van der Waals surface area contributed by atoms with Crippen LogP contribution in [0.2, 0.25) is 0 Å². The van der Waals surface area contributed by atoms with Crippen LogP contribution in [0.1, 0.15) is 23.1 Å². The van der Waals surface area contributed by atoms with Crippen molar-refractivity contribution in [2.24, 2.45) is 5.16 Å². The predicted molar refractivity (Wildman–Crippen MR) is 101 cm³/mol. The molecule has 0 N–H and O–H groups in total. The molecule has 0 aromatic heterocycles. The first kappa shape index (κ1) is 17.4. The van der Waals surface area contributed by atoms with E-state index in [1.807, 2.05) is 35.2 Å². The zero-order valence-corrected chi connectivity index (χ0v) is 15.5. The summed E-state index contributed by atoms with van der Waals surface area (Å²) in [6, 6.07) is 13.8. The van der Waals surface area contributed by atoms with Crippen LogP contribution in [0.3, 0.4) is 0 Å². The minimum Gasteiger partial charge on any atom is -0.493 e. The van der Waals surface area contributed by atoms with Crippen molar-refractivity contribution >= 4 is 11.6 Å². The molecule has 6 heteroatoms. The number of carbonyl (C=O) groups is 1. The molecule has 0 aliphatic carbocycles. The summed E-state index contributed by atoms with van der Waals surface area (Å²) in [5.41, 5.74) is 4.13. The Labute approximate surface area is 158 Å². The molecule has 1 atom stereocenters. The van der Waals surface area contributed by atoms with Crippen LogP contribution in [0, 0.1) is 0 Å². The number of benzene rings is 2. The quantitative estimate of drug-likeness (QED) is 0.835. The molecule has 6 nitrogen and oxygen atoms in total. The molecule has 0 radical (unpaired) electrons. The van der Waals surface area contributed by atoms with Gasteiger partial charge in [-0.25, -0.2) is 0 Å². The van der Waals surface area contributed by atoms with Gasteiger partial charge < -0.3 is 19.2 Å². The van der Waals surface area contributed by atoms with Gasteiger partial charge in [0.15, 0.2) is 11.5 Å². The average molecular weight is 366 g/mol. The van der Waals surface area contributed by atoms with E-state index < -0.39 is 6.10 Å². The summed E-state index contributed by atoms with van der Waals surface area (Å²) in [6.45, 7) is 1.34. The number of amides is 1. The van der Waals surface area contributed by atoms with Crippen LogP contribution in [0.15, 0.2) is 47.6 Å². The molecule has 140 valence electrons. The highest BCUT2D eigenvalue weighted by atomic mass is 16.6. The van der Waals surface area contributed by atoms with Crippen LogP contribution >= 0.6 is 0 Å². The van der Waals surface area contributed by atoms with Gasteiger partial charge >= 0.3 is 0 Å². The highest BCUT2D eigenvalue weighted by Crippen LogP contribution is 2.30. The number of fused-ring (bicyclic) bond motifs is 1. The first-order valence-corrected chi connectivity index (χ1v) is 9.00. The molecule has 0 bridgehead atoms. The fourth-order valence-corrected chi connectivity index (χ4v) is 3.58. The van der Waals surface area contributed by atoms with Crippen molar-refractivity contribution in [1.29, 1.82) is 0 Å². The van der Waals surface area contributed by atoms with E-state index in [0.717, 1.165) is 17.7 Å². The first-order chi connectivity index (χ1) is 13.2. The van der Waals surface area contributed by atoms with Gasteiger partial charge in [-0.05, 0) is 35.7 Å². The van der Waals surface area contributed by atoms with Gasteiger partial charge in [0.2, 0.25) is 6.10 Å². The van der Waals surface area contributed by atoms with Crippen molar-refractivity contribution < 1.29 is 19.1 Å². The number of rotatable bonds is 4. The maximum atomic E-state index is 12.9. The van der Waals surface area contributed by atoms with Gasteiger partial charge in [0.1, 0.15) is 0 Å². The van der Waals surface area contributed by atoms with E-state index in [1.54, 1.807) is 14.2 Å². The smallest absolute Gasteiger partial charge is 0.267 e. The minimum absolute atomic E-state index is 0.0104. The maximum Gasteiger partial charge on any atom is 0.267 e. The normalized spacial score (nSPS) is 18.4. The minimum atomic E-state index is -0.571. The standard InChI is InChI=1S/C21H22N2O4/c1-25-18-8-7-15(11-19(18)26-2)17-12-20(27-22-17)21(24)23-10-9-14-5-3-4-6-16(14)13-23/h3-8,11,20H,9-10,12-13H2,1-2H3/t20-/m0/s1. The lowest BCUT2D eigenvalue weighted by atomic mass is 9.98. The fourth-order valence-electron chi connectivity index (χ4n) is 3.58. The topological polar surface area (TPSA) is 60.4 Å². The van der Waals surface area contributed by atoms with Gasteiger partial charge in [-0.15, -0.1) is 0 Å². The molecule has 0 saturated heterocycles. The van der Waals surface area contributed by atoms with Crippen LogP contribution in [-0.4, -0.2) is 43.4 Å². The van der Waals surface area contributed by atoms with Crippen LogP contribution in [0.25, 0.3) is 0 Å². The van der Waals surface area contributed by atoms with Gasteiger partial charge in [0.25, 0.3) is 5.91 Å². The number of hydrogen-bond acceptors (Lipinski definition) is 5. The van der Waals surface area contributed by atoms with Crippen molar-refractivity contribution in [2.75, 3.05) is 20.8 Å². The summed E-state index contributed by atoms with van der Waals surface area (Å²) in [4.78, 5) is 20.2. The second-order valence-electron chi connectivity index (χ2n) is 6.68. The molecule has 1 amide bonds. The van der Waals surface area contributed by atoms with E-state index in [0.29, 0.717) is 31.0 Å². The Kier molecular flexibility index (Phi) is 4.71. The van der Waals surface area contributed by atoms with Crippen molar-refractivity contribution in [2.45, 2.75) is 25.5 Å². The zero-order chi connectivity index (χ0) is 18.8. The van der Waals surface area contributed by atoms with Gasteiger partial charge in [0.05, 0.1) is 19.9 Å². The van der Waals surface area contributed by atoms with Crippen molar-refractivity contribution in [1.82, 2.24) is 4.90 Å². The lowest BCUT2D eigenvalue weighted by molar-refractivity contribution is -0.143. The van der Waals surface area contributed by atoms with Crippen molar-refractivity contribution in [3.8, 4) is 11.5 Å². The molecule has 4 rings (SSSR count). The Hall–Kier alpha value is -3.02. The van der Waals surface area contributed by atoms with Crippen LogP contribution < -0.4 is 9.47 Å². The fraction of sp³-hybridized carbons (Fsp3) is 0.333. The summed E-state index contributed by atoms with van der Waals surface area (Å²) >= 11 is 0. The largest absolute Gasteiger partial charge is 0.493 e. The third-order valence-electron chi connectivity index (χ3n) is 5.10. The second-order valence-corrected chi connectivity index (χ2v) is 6.68. The van der Waals surface area contributed by atoms with E-state index in [1.165, 1.54) is 11.1 Å². The Morgan fingerprint density at radius 3 is 2.67 bits per heavy atom.